The summed E-state index contributed by atoms with van der Waals surface area (Å²) in [6, 6.07) is 0. The number of rotatable bonds is 3. The van der Waals surface area contributed by atoms with Crippen LogP contribution in [0.25, 0.3) is 0 Å². The van der Waals surface area contributed by atoms with Crippen molar-refractivity contribution in [1.29, 1.82) is 0 Å². The number of aliphatic hydroxyl groups excluding tert-OH is 1. The molecule has 0 heterocycles. The second-order valence-electron chi connectivity index (χ2n) is 2.33. The Hall–Kier alpha value is -0.340. The largest absolute Gasteiger partial charge is 0.392 e. The fourth-order valence-electron chi connectivity index (χ4n) is 0.634. The number of hydrogen-bond acceptors (Lipinski definition) is 2. The Morgan fingerprint density at radius 2 is 2.22 bits per heavy atom. The van der Waals surface area contributed by atoms with Crippen molar-refractivity contribution in [3.8, 4) is 0 Å². The minimum Gasteiger partial charge on any atom is -0.392 e. The highest BCUT2D eigenvalue weighted by Gasteiger charge is 1.98. The molecule has 0 radical (unpaired) electrons. The molecule has 0 aliphatic carbocycles. The normalized spacial score (nSPS) is 12.8. The first-order chi connectivity index (χ1) is 4.22. The highest BCUT2D eigenvalue weighted by atomic mass is 16.3. The van der Waals surface area contributed by atoms with Crippen molar-refractivity contribution in [1.82, 2.24) is 0 Å². The van der Waals surface area contributed by atoms with Crippen LogP contribution in [0.1, 0.15) is 13.8 Å². The SMILES string of the molecule is CC(C)/C(=C\CN)CO. The third kappa shape index (κ3) is 3.27. The summed E-state index contributed by atoms with van der Waals surface area (Å²) in [4.78, 5) is 0. The van der Waals surface area contributed by atoms with Gasteiger partial charge in [0.05, 0.1) is 6.61 Å². The van der Waals surface area contributed by atoms with Gasteiger partial charge in [0.15, 0.2) is 0 Å². The van der Waals surface area contributed by atoms with E-state index in [1.165, 1.54) is 0 Å². The number of nitrogens with two attached hydrogens (primary N) is 1. The van der Waals surface area contributed by atoms with Crippen LogP contribution in [0.4, 0.5) is 0 Å². The minimum absolute atomic E-state index is 0.134. The van der Waals surface area contributed by atoms with E-state index in [1.54, 1.807) is 0 Å². The first kappa shape index (κ1) is 8.66. The van der Waals surface area contributed by atoms with Crippen LogP contribution in [0.15, 0.2) is 11.6 Å². The van der Waals surface area contributed by atoms with Crippen LogP contribution in [-0.4, -0.2) is 18.3 Å². The molecule has 54 valence electrons. The smallest absolute Gasteiger partial charge is 0.0644 e. The molecule has 0 aromatic carbocycles. The van der Waals surface area contributed by atoms with Crippen LogP contribution in [0.2, 0.25) is 0 Å². The fourth-order valence-corrected chi connectivity index (χ4v) is 0.634. The first-order valence-corrected chi connectivity index (χ1v) is 3.22. The highest BCUT2D eigenvalue weighted by Crippen LogP contribution is 2.06. The molecule has 0 aliphatic rings. The van der Waals surface area contributed by atoms with E-state index >= 15 is 0 Å². The minimum atomic E-state index is 0.134. The maximum absolute atomic E-state index is 8.70. The zero-order valence-electron chi connectivity index (χ0n) is 6.09. The van der Waals surface area contributed by atoms with Gasteiger partial charge < -0.3 is 10.8 Å². The van der Waals surface area contributed by atoms with Gasteiger partial charge in [0.2, 0.25) is 0 Å². The van der Waals surface area contributed by atoms with Crippen molar-refractivity contribution in [2.24, 2.45) is 11.7 Å². The van der Waals surface area contributed by atoms with E-state index in [2.05, 4.69) is 0 Å². The molecule has 2 heteroatoms. The molecular weight excluding hydrogens is 114 g/mol. The Morgan fingerprint density at radius 1 is 1.67 bits per heavy atom. The van der Waals surface area contributed by atoms with E-state index in [4.69, 9.17) is 10.8 Å². The van der Waals surface area contributed by atoms with Gasteiger partial charge in [-0.1, -0.05) is 19.9 Å². The summed E-state index contributed by atoms with van der Waals surface area (Å²) >= 11 is 0. The van der Waals surface area contributed by atoms with Gasteiger partial charge in [-0.15, -0.1) is 0 Å². The van der Waals surface area contributed by atoms with E-state index in [-0.39, 0.29) is 6.61 Å². The maximum atomic E-state index is 8.70. The van der Waals surface area contributed by atoms with Crippen LogP contribution >= 0.6 is 0 Å². The molecule has 9 heavy (non-hydrogen) atoms. The van der Waals surface area contributed by atoms with Gasteiger partial charge in [-0.3, -0.25) is 0 Å². The topological polar surface area (TPSA) is 46.2 Å². The average Bonchev–Trinajstić information content (AvgIpc) is 1.82. The molecule has 0 bridgehead atoms. The van der Waals surface area contributed by atoms with E-state index < -0.39 is 0 Å². The summed E-state index contributed by atoms with van der Waals surface area (Å²) in [6.07, 6.45) is 1.87. The van der Waals surface area contributed by atoms with Gasteiger partial charge in [0.25, 0.3) is 0 Å². The zero-order valence-corrected chi connectivity index (χ0v) is 6.09. The predicted molar refractivity (Wildman–Crippen MR) is 39.1 cm³/mol. The average molecular weight is 129 g/mol. The molecule has 0 aromatic heterocycles. The quantitative estimate of drug-likeness (QED) is 0.546. The summed E-state index contributed by atoms with van der Waals surface area (Å²) < 4.78 is 0. The second-order valence-corrected chi connectivity index (χ2v) is 2.33. The summed E-state index contributed by atoms with van der Waals surface area (Å²) in [5.41, 5.74) is 6.28. The second kappa shape index (κ2) is 4.53. The van der Waals surface area contributed by atoms with Gasteiger partial charge in [-0.2, -0.15) is 0 Å². The van der Waals surface area contributed by atoms with Crippen molar-refractivity contribution < 1.29 is 5.11 Å². The Morgan fingerprint density at radius 3 is 2.33 bits per heavy atom. The molecule has 3 N–H and O–H groups in total. The van der Waals surface area contributed by atoms with Crippen LogP contribution < -0.4 is 5.73 Å². The zero-order chi connectivity index (χ0) is 7.28. The number of aliphatic hydroxyl groups is 1. The monoisotopic (exact) mass is 129 g/mol. The standard InChI is InChI=1S/C7H15NO/c1-6(2)7(5-9)3-4-8/h3,6,9H,4-5,8H2,1-2H3/b7-3-. The third-order valence-electron chi connectivity index (χ3n) is 1.30. The van der Waals surface area contributed by atoms with E-state index in [0.29, 0.717) is 12.5 Å². The Bertz CT molecular complexity index is 97.1. The first-order valence-electron chi connectivity index (χ1n) is 3.22. The van der Waals surface area contributed by atoms with E-state index in [0.717, 1.165) is 5.57 Å². The van der Waals surface area contributed by atoms with Crippen molar-refractivity contribution in [2.45, 2.75) is 13.8 Å². The van der Waals surface area contributed by atoms with Gasteiger partial charge in [0, 0.05) is 6.54 Å². The molecule has 0 saturated heterocycles. The lowest BCUT2D eigenvalue weighted by atomic mass is 10.0. The molecular formula is C7H15NO. The maximum Gasteiger partial charge on any atom is 0.0644 e. The fraction of sp³-hybridized carbons (Fsp3) is 0.714. The van der Waals surface area contributed by atoms with Gasteiger partial charge in [-0.25, -0.2) is 0 Å². The van der Waals surface area contributed by atoms with Gasteiger partial charge in [-0.05, 0) is 11.5 Å². The summed E-state index contributed by atoms with van der Waals surface area (Å²) in [6.45, 7) is 4.73. The van der Waals surface area contributed by atoms with E-state index in [9.17, 15) is 0 Å². The highest BCUT2D eigenvalue weighted by molar-refractivity contribution is 5.05. The molecule has 0 fully saturated rings. The lowest BCUT2D eigenvalue weighted by Gasteiger charge is -2.05. The summed E-state index contributed by atoms with van der Waals surface area (Å²) in [5, 5.41) is 8.70. The molecule has 0 rings (SSSR count). The Labute approximate surface area is 56.4 Å². The predicted octanol–water partition coefficient (Wildman–Crippen LogP) is 0.520. The molecule has 0 saturated carbocycles. The lowest BCUT2D eigenvalue weighted by Crippen LogP contribution is -2.03. The van der Waals surface area contributed by atoms with Crippen molar-refractivity contribution in [3.63, 3.8) is 0 Å². The van der Waals surface area contributed by atoms with Crippen LogP contribution in [-0.2, 0) is 0 Å². The molecule has 2 nitrogen and oxygen atoms in total. The van der Waals surface area contributed by atoms with Crippen LogP contribution in [0.5, 0.6) is 0 Å². The Balaban J connectivity index is 3.81. The van der Waals surface area contributed by atoms with Crippen molar-refractivity contribution in [3.05, 3.63) is 11.6 Å². The molecule has 0 aliphatic heterocycles. The van der Waals surface area contributed by atoms with Crippen LogP contribution in [0.3, 0.4) is 0 Å². The summed E-state index contributed by atoms with van der Waals surface area (Å²) in [5.74, 6) is 0.415. The van der Waals surface area contributed by atoms with Crippen molar-refractivity contribution >= 4 is 0 Å². The van der Waals surface area contributed by atoms with Gasteiger partial charge >= 0.3 is 0 Å². The molecule has 0 unspecified atom stereocenters. The van der Waals surface area contributed by atoms with Crippen molar-refractivity contribution in [2.75, 3.05) is 13.2 Å². The molecule has 0 amide bonds. The molecule has 0 atom stereocenters. The number of hydrogen-bond donors (Lipinski definition) is 2. The lowest BCUT2D eigenvalue weighted by molar-refractivity contribution is 0.318. The Kier molecular flexibility index (Phi) is 4.36. The van der Waals surface area contributed by atoms with Crippen LogP contribution in [0, 0.1) is 5.92 Å². The molecule has 0 aromatic rings. The third-order valence-corrected chi connectivity index (χ3v) is 1.30. The van der Waals surface area contributed by atoms with Gasteiger partial charge in [0.1, 0.15) is 0 Å². The molecule has 0 spiro atoms. The summed E-state index contributed by atoms with van der Waals surface area (Å²) in [7, 11) is 0. The van der Waals surface area contributed by atoms with E-state index in [1.807, 2.05) is 19.9 Å².